The van der Waals surface area contributed by atoms with Gasteiger partial charge in [-0.15, -0.1) is 0 Å². The Morgan fingerprint density at radius 1 is 0.800 bits per heavy atom. The van der Waals surface area contributed by atoms with E-state index in [0.717, 1.165) is 58.6 Å². The van der Waals surface area contributed by atoms with Gasteiger partial charge in [0.05, 0.1) is 22.2 Å². The minimum absolute atomic E-state index is 0.746. The maximum absolute atomic E-state index is 5.03. The van der Waals surface area contributed by atoms with Gasteiger partial charge in [-0.25, -0.2) is 15.0 Å². The number of benzene rings is 2. The number of anilines is 3. The summed E-state index contributed by atoms with van der Waals surface area (Å²) in [5.41, 5.74) is 7.28. The molecule has 176 valence electrons. The summed E-state index contributed by atoms with van der Waals surface area (Å²) in [4.78, 5) is 17.3. The van der Waals surface area contributed by atoms with Crippen LogP contribution in [-0.4, -0.2) is 37.8 Å². The van der Waals surface area contributed by atoms with Crippen LogP contribution in [0.25, 0.3) is 27.8 Å². The first-order chi connectivity index (χ1) is 17.0. The molecule has 0 amide bonds. The highest BCUT2D eigenvalue weighted by Gasteiger charge is 2.21. The van der Waals surface area contributed by atoms with Crippen molar-refractivity contribution in [3.63, 3.8) is 0 Å². The second kappa shape index (κ2) is 8.34. The van der Waals surface area contributed by atoms with Gasteiger partial charge < -0.3 is 10.2 Å². The first-order valence-electron chi connectivity index (χ1n) is 12.2. The second-order valence-electron chi connectivity index (χ2n) is 9.56. The predicted molar refractivity (Wildman–Crippen MR) is 142 cm³/mol. The van der Waals surface area contributed by atoms with E-state index in [1.165, 1.54) is 34.9 Å². The zero-order chi connectivity index (χ0) is 24.1. The number of pyridine rings is 1. The number of rotatable bonds is 4. The number of hydrogen-bond donors (Lipinski definition) is 1. The van der Waals surface area contributed by atoms with Crippen LogP contribution >= 0.6 is 0 Å². The number of fused-ring (bicyclic) bond motifs is 2. The van der Waals surface area contributed by atoms with E-state index < -0.39 is 0 Å². The summed E-state index contributed by atoms with van der Waals surface area (Å²) >= 11 is 0. The summed E-state index contributed by atoms with van der Waals surface area (Å²) in [6.45, 7) is 10.4. The Bertz CT molecular complexity index is 1580. The smallest absolute Gasteiger partial charge is 0.175 e. The number of nitrogens with zero attached hydrogens (tertiary/aromatic N) is 6. The molecule has 0 unspecified atom stereocenters. The lowest BCUT2D eigenvalue weighted by atomic mass is 10.0. The molecule has 0 bridgehead atoms. The quantitative estimate of drug-likeness (QED) is 0.356. The van der Waals surface area contributed by atoms with Crippen LogP contribution in [0.1, 0.15) is 35.2 Å². The van der Waals surface area contributed by atoms with Crippen LogP contribution in [0.2, 0.25) is 0 Å². The van der Waals surface area contributed by atoms with E-state index in [4.69, 9.17) is 20.1 Å². The summed E-state index contributed by atoms with van der Waals surface area (Å²) < 4.78 is 1.88. The van der Waals surface area contributed by atoms with Crippen LogP contribution in [0.4, 0.5) is 17.5 Å². The minimum atomic E-state index is 0.746. The van der Waals surface area contributed by atoms with Gasteiger partial charge >= 0.3 is 0 Å². The highest BCUT2D eigenvalue weighted by molar-refractivity contribution is 5.87. The fourth-order valence-electron chi connectivity index (χ4n) is 5.04. The van der Waals surface area contributed by atoms with Gasteiger partial charge in [0, 0.05) is 24.5 Å². The zero-order valence-electron chi connectivity index (χ0n) is 20.6. The number of nitrogens with one attached hydrogen (secondary N) is 1. The maximum Gasteiger partial charge on any atom is 0.175 e. The van der Waals surface area contributed by atoms with E-state index in [1.807, 2.05) is 41.9 Å². The molecule has 0 atom stereocenters. The Labute approximate surface area is 204 Å². The molecular formula is C28H29N7. The van der Waals surface area contributed by atoms with Crippen LogP contribution < -0.4 is 10.2 Å². The lowest BCUT2D eigenvalue weighted by Crippen LogP contribution is -2.21. The topological polar surface area (TPSA) is 71.8 Å². The molecule has 1 aliphatic rings. The van der Waals surface area contributed by atoms with Crippen molar-refractivity contribution in [3.05, 3.63) is 70.9 Å². The van der Waals surface area contributed by atoms with Gasteiger partial charge in [0.1, 0.15) is 5.82 Å². The van der Waals surface area contributed by atoms with Crippen molar-refractivity contribution in [1.82, 2.24) is 24.7 Å². The summed E-state index contributed by atoms with van der Waals surface area (Å²) in [6.07, 6.45) is 2.34. The molecule has 35 heavy (non-hydrogen) atoms. The molecule has 2 aromatic carbocycles. The third kappa shape index (κ3) is 3.87. The average Bonchev–Trinajstić information content (AvgIpc) is 3.49. The highest BCUT2D eigenvalue weighted by atomic mass is 15.4. The van der Waals surface area contributed by atoms with Gasteiger partial charge in [0.15, 0.2) is 17.5 Å². The van der Waals surface area contributed by atoms with E-state index in [0.29, 0.717) is 0 Å². The fourth-order valence-corrected chi connectivity index (χ4v) is 5.04. The van der Waals surface area contributed by atoms with Crippen molar-refractivity contribution in [2.45, 2.75) is 40.5 Å². The molecule has 4 heterocycles. The third-order valence-corrected chi connectivity index (χ3v) is 6.69. The molecule has 7 heteroatoms. The van der Waals surface area contributed by atoms with Crippen molar-refractivity contribution in [2.24, 2.45) is 0 Å². The van der Waals surface area contributed by atoms with E-state index >= 15 is 0 Å². The Balaban J connectivity index is 1.48. The van der Waals surface area contributed by atoms with Crippen LogP contribution in [0, 0.1) is 27.7 Å². The van der Waals surface area contributed by atoms with Gasteiger partial charge in [-0.1, -0.05) is 23.8 Å². The molecule has 1 N–H and O–H groups in total. The van der Waals surface area contributed by atoms with Crippen molar-refractivity contribution < 1.29 is 0 Å². The lowest BCUT2D eigenvalue weighted by molar-refractivity contribution is 0.841. The number of para-hydroxylation sites is 2. The first-order valence-corrected chi connectivity index (χ1v) is 12.2. The largest absolute Gasteiger partial charge is 0.354 e. The van der Waals surface area contributed by atoms with E-state index in [9.17, 15) is 0 Å². The highest BCUT2D eigenvalue weighted by Crippen LogP contribution is 2.32. The monoisotopic (exact) mass is 463 g/mol. The molecule has 1 saturated heterocycles. The van der Waals surface area contributed by atoms with Gasteiger partial charge in [-0.05, 0) is 75.9 Å². The molecule has 0 aliphatic carbocycles. The fraction of sp³-hybridized carbons (Fsp3) is 0.286. The first kappa shape index (κ1) is 21.5. The molecular weight excluding hydrogens is 434 g/mol. The van der Waals surface area contributed by atoms with Crippen LogP contribution in [0.15, 0.2) is 48.5 Å². The number of aromatic nitrogens is 5. The molecule has 7 nitrogen and oxygen atoms in total. The Hall–Kier alpha value is -4.00. The molecule has 0 radical (unpaired) electrons. The Morgan fingerprint density at radius 2 is 1.54 bits per heavy atom. The molecule has 6 rings (SSSR count). The van der Waals surface area contributed by atoms with E-state index in [2.05, 4.69) is 49.2 Å². The summed E-state index contributed by atoms with van der Waals surface area (Å²) in [6, 6.07) is 16.5. The molecule has 1 fully saturated rings. The predicted octanol–water partition coefficient (Wildman–Crippen LogP) is 5.94. The molecule has 0 saturated carbocycles. The average molecular weight is 464 g/mol. The van der Waals surface area contributed by atoms with Crippen molar-refractivity contribution in [1.29, 1.82) is 0 Å². The van der Waals surface area contributed by atoms with Gasteiger partial charge in [-0.2, -0.15) is 9.78 Å². The van der Waals surface area contributed by atoms with Crippen molar-refractivity contribution in [2.75, 3.05) is 23.3 Å². The number of aryl methyl sites for hydroxylation is 4. The van der Waals surface area contributed by atoms with Crippen LogP contribution in [0.3, 0.4) is 0 Å². The third-order valence-electron chi connectivity index (χ3n) is 6.69. The lowest BCUT2D eigenvalue weighted by Gasteiger charge is -2.21. The van der Waals surface area contributed by atoms with Gasteiger partial charge in [-0.3, -0.25) is 0 Å². The van der Waals surface area contributed by atoms with E-state index in [-0.39, 0.29) is 0 Å². The maximum atomic E-state index is 5.03. The SMILES string of the molecule is Cc1cc(C)c2nc(-n3nc(C)cc3Nc3nc4ccccc4nc3N3CCCC3)cc(C)c2c1. The van der Waals surface area contributed by atoms with Crippen LogP contribution in [0.5, 0.6) is 0 Å². The standard InChI is InChI=1S/C28H29N7/c1-17-13-19(3)26-21(14-17)18(2)15-24(31-26)35-25(16-20(4)33-35)32-27-28(34-11-7-8-12-34)30-23-10-6-5-9-22(23)29-27/h5-6,9-10,13-16H,7-8,11-12H2,1-4H3,(H,29,32). The van der Waals surface area contributed by atoms with E-state index in [1.54, 1.807) is 0 Å². The normalized spacial score (nSPS) is 13.8. The Kier molecular flexibility index (Phi) is 5.13. The second-order valence-corrected chi connectivity index (χ2v) is 9.56. The van der Waals surface area contributed by atoms with Crippen molar-refractivity contribution in [3.8, 4) is 5.82 Å². The molecule has 5 aromatic rings. The number of hydrogen-bond acceptors (Lipinski definition) is 6. The van der Waals surface area contributed by atoms with Crippen molar-refractivity contribution >= 4 is 39.4 Å². The summed E-state index contributed by atoms with van der Waals surface area (Å²) in [7, 11) is 0. The summed E-state index contributed by atoms with van der Waals surface area (Å²) in [5.74, 6) is 3.24. The summed E-state index contributed by atoms with van der Waals surface area (Å²) in [5, 5.41) is 9.54. The Morgan fingerprint density at radius 3 is 2.31 bits per heavy atom. The van der Waals surface area contributed by atoms with Gasteiger partial charge in [0.25, 0.3) is 0 Å². The molecule has 3 aromatic heterocycles. The molecule has 1 aliphatic heterocycles. The van der Waals surface area contributed by atoms with Gasteiger partial charge in [0.2, 0.25) is 0 Å². The molecule has 0 spiro atoms. The van der Waals surface area contributed by atoms with Crippen LogP contribution in [-0.2, 0) is 0 Å². The zero-order valence-corrected chi connectivity index (χ0v) is 20.6. The minimum Gasteiger partial charge on any atom is -0.354 e.